The number of nitrogens with zero attached hydrogens (tertiary/aromatic N) is 2. The zero-order chi connectivity index (χ0) is 18.8. The van der Waals surface area contributed by atoms with E-state index < -0.39 is 45.7 Å². The number of aryl methyl sites for hydroxylation is 1. The van der Waals surface area contributed by atoms with E-state index in [4.69, 9.17) is 5.11 Å². The van der Waals surface area contributed by atoms with Crippen molar-refractivity contribution in [1.82, 2.24) is 9.78 Å². The Hall–Kier alpha value is -2.56. The van der Waals surface area contributed by atoms with E-state index in [0.717, 1.165) is 10.9 Å². The smallest absolute Gasteiger partial charge is 0.437 e. The first-order chi connectivity index (χ1) is 11.5. The molecular weight excluding hydrogens is 363 g/mol. The van der Waals surface area contributed by atoms with Crippen molar-refractivity contribution in [1.29, 1.82) is 0 Å². The highest BCUT2D eigenvalue weighted by Gasteiger charge is 2.38. The highest BCUT2D eigenvalue weighted by molar-refractivity contribution is 7.91. The molecule has 11 heteroatoms. The van der Waals surface area contributed by atoms with Crippen LogP contribution in [0.15, 0.2) is 30.5 Å². The maximum absolute atomic E-state index is 12.9. The van der Waals surface area contributed by atoms with Crippen LogP contribution in [0.25, 0.3) is 0 Å². The zero-order valence-corrected chi connectivity index (χ0v) is 13.7. The average molecular weight is 377 g/mol. The van der Waals surface area contributed by atoms with Gasteiger partial charge in [0.25, 0.3) is 0 Å². The lowest BCUT2D eigenvalue weighted by molar-refractivity contribution is -0.141. The number of nitrogens with one attached hydrogen (secondary N) is 1. The predicted molar refractivity (Wildman–Crippen MR) is 82.2 cm³/mol. The van der Waals surface area contributed by atoms with Gasteiger partial charge in [-0.15, -0.1) is 0 Å². The van der Waals surface area contributed by atoms with Gasteiger partial charge in [0.05, 0.1) is 17.9 Å². The summed E-state index contributed by atoms with van der Waals surface area (Å²) < 4.78 is 65.9. The van der Waals surface area contributed by atoms with Gasteiger partial charge in [-0.1, -0.05) is 24.3 Å². The molecule has 2 N–H and O–H groups in total. The first-order valence-corrected chi connectivity index (χ1v) is 8.53. The molecule has 0 aliphatic carbocycles. The molecule has 0 saturated heterocycles. The van der Waals surface area contributed by atoms with Crippen molar-refractivity contribution in [3.63, 3.8) is 0 Å². The van der Waals surface area contributed by atoms with Crippen LogP contribution in [-0.4, -0.2) is 29.3 Å². The van der Waals surface area contributed by atoms with Gasteiger partial charge in [-0.05, 0) is 11.1 Å². The third-order valence-electron chi connectivity index (χ3n) is 3.17. The van der Waals surface area contributed by atoms with E-state index in [-0.39, 0.29) is 11.1 Å². The molecule has 0 aliphatic rings. The normalized spacial score (nSPS) is 12.2. The second-order valence-corrected chi connectivity index (χ2v) is 6.99. The average Bonchev–Trinajstić information content (AvgIpc) is 2.80. The van der Waals surface area contributed by atoms with Gasteiger partial charge in [-0.3, -0.25) is 14.2 Å². The van der Waals surface area contributed by atoms with Crippen molar-refractivity contribution in [2.75, 3.05) is 4.72 Å². The molecule has 1 aromatic heterocycles. The molecule has 2 aromatic rings. The fourth-order valence-corrected chi connectivity index (χ4v) is 3.46. The molecule has 2 rings (SSSR count). The summed E-state index contributed by atoms with van der Waals surface area (Å²) >= 11 is 0. The Morgan fingerprint density at radius 3 is 2.44 bits per heavy atom. The van der Waals surface area contributed by atoms with E-state index in [1.807, 2.05) is 4.72 Å². The number of aromatic nitrogens is 2. The van der Waals surface area contributed by atoms with Gasteiger partial charge in [0.1, 0.15) is 0 Å². The van der Waals surface area contributed by atoms with Crippen molar-refractivity contribution >= 4 is 21.7 Å². The number of alkyl halides is 3. The molecular formula is C14H14F3N3O4S. The number of sulfonamides is 1. The standard InChI is InChI=1S/C14H14F3N3O4S/c1-20-7-11(13(18-20)14(15,16)17)19-25(23,24)8-10-5-3-2-4-9(10)6-12(21)22/h2-5,7,19H,6,8H2,1H3,(H,21,22). The Kier molecular flexibility index (Phi) is 5.07. The fourth-order valence-electron chi connectivity index (χ4n) is 2.21. The maximum atomic E-state index is 12.9. The maximum Gasteiger partial charge on any atom is 0.437 e. The summed E-state index contributed by atoms with van der Waals surface area (Å²) in [6, 6.07) is 5.92. The number of rotatable bonds is 6. The van der Waals surface area contributed by atoms with Crippen molar-refractivity contribution in [2.45, 2.75) is 18.3 Å². The van der Waals surface area contributed by atoms with Crippen LogP contribution in [0.4, 0.5) is 18.9 Å². The van der Waals surface area contributed by atoms with E-state index in [1.165, 1.54) is 25.2 Å². The van der Waals surface area contributed by atoms with E-state index in [9.17, 15) is 26.4 Å². The van der Waals surface area contributed by atoms with E-state index in [0.29, 0.717) is 0 Å². The first-order valence-electron chi connectivity index (χ1n) is 6.88. The summed E-state index contributed by atoms with van der Waals surface area (Å²) in [5.74, 6) is -1.81. The van der Waals surface area contributed by atoms with Crippen LogP contribution in [0.3, 0.4) is 0 Å². The van der Waals surface area contributed by atoms with Crippen molar-refractivity contribution < 1.29 is 31.5 Å². The Labute approximate surface area is 141 Å². The second-order valence-electron chi connectivity index (χ2n) is 5.26. The molecule has 25 heavy (non-hydrogen) atoms. The molecule has 136 valence electrons. The molecule has 0 spiro atoms. The highest BCUT2D eigenvalue weighted by Crippen LogP contribution is 2.34. The Morgan fingerprint density at radius 1 is 1.28 bits per heavy atom. The SMILES string of the molecule is Cn1cc(NS(=O)(=O)Cc2ccccc2CC(=O)O)c(C(F)(F)F)n1. The summed E-state index contributed by atoms with van der Waals surface area (Å²) in [5, 5.41) is 12.1. The molecule has 0 aliphatic heterocycles. The highest BCUT2D eigenvalue weighted by atomic mass is 32.2. The molecule has 0 saturated carbocycles. The Morgan fingerprint density at radius 2 is 1.88 bits per heavy atom. The van der Waals surface area contributed by atoms with E-state index in [1.54, 1.807) is 6.07 Å². The van der Waals surface area contributed by atoms with Gasteiger partial charge < -0.3 is 5.11 Å². The van der Waals surface area contributed by atoms with E-state index >= 15 is 0 Å². The van der Waals surface area contributed by atoms with Crippen molar-refractivity contribution in [2.24, 2.45) is 7.05 Å². The summed E-state index contributed by atoms with van der Waals surface area (Å²) in [4.78, 5) is 10.8. The van der Waals surface area contributed by atoms with Gasteiger partial charge in [0, 0.05) is 13.2 Å². The molecule has 7 nitrogen and oxygen atoms in total. The Balaban J connectivity index is 2.29. The number of hydrogen-bond acceptors (Lipinski definition) is 4. The zero-order valence-electron chi connectivity index (χ0n) is 12.9. The van der Waals surface area contributed by atoms with Crippen molar-refractivity contribution in [3.8, 4) is 0 Å². The molecule has 0 amide bonds. The summed E-state index contributed by atoms with van der Waals surface area (Å²) in [5.41, 5.74) is -1.58. The van der Waals surface area contributed by atoms with Gasteiger partial charge >= 0.3 is 12.1 Å². The number of aliphatic carboxylic acids is 1. The quantitative estimate of drug-likeness (QED) is 0.802. The van der Waals surface area contributed by atoms with Gasteiger partial charge in [-0.2, -0.15) is 18.3 Å². The summed E-state index contributed by atoms with van der Waals surface area (Å²) in [7, 11) is -2.98. The minimum absolute atomic E-state index is 0.190. The number of carboxylic acid groups (broad SMARTS) is 1. The number of anilines is 1. The lowest BCUT2D eigenvalue weighted by atomic mass is 10.1. The number of carbonyl (C=O) groups is 1. The van der Waals surface area contributed by atoms with E-state index in [2.05, 4.69) is 5.10 Å². The molecule has 1 aromatic carbocycles. The number of hydrogen-bond donors (Lipinski definition) is 2. The number of benzene rings is 1. The van der Waals surface area contributed by atoms with Crippen LogP contribution >= 0.6 is 0 Å². The lowest BCUT2D eigenvalue weighted by Gasteiger charge is -2.11. The van der Waals surface area contributed by atoms with Crippen LogP contribution in [-0.2, 0) is 40.2 Å². The van der Waals surface area contributed by atoms with Gasteiger partial charge in [0.2, 0.25) is 10.0 Å². The fraction of sp³-hybridized carbons (Fsp3) is 0.286. The lowest BCUT2D eigenvalue weighted by Crippen LogP contribution is -2.19. The van der Waals surface area contributed by atoms with Crippen LogP contribution in [0, 0.1) is 0 Å². The molecule has 0 unspecified atom stereocenters. The minimum Gasteiger partial charge on any atom is -0.481 e. The molecule has 0 bridgehead atoms. The third-order valence-corrected chi connectivity index (χ3v) is 4.39. The first kappa shape index (κ1) is 18.8. The summed E-state index contributed by atoms with van der Waals surface area (Å²) in [6.45, 7) is 0. The van der Waals surface area contributed by atoms with Gasteiger partial charge in [0.15, 0.2) is 5.69 Å². The second kappa shape index (κ2) is 6.75. The molecule has 0 fully saturated rings. The molecule has 1 heterocycles. The van der Waals surface area contributed by atoms with Crippen LogP contribution in [0.1, 0.15) is 16.8 Å². The topological polar surface area (TPSA) is 101 Å². The van der Waals surface area contributed by atoms with Gasteiger partial charge in [-0.25, -0.2) is 8.42 Å². The number of carboxylic acids is 1. The van der Waals surface area contributed by atoms with Crippen LogP contribution in [0.5, 0.6) is 0 Å². The van der Waals surface area contributed by atoms with Crippen LogP contribution in [0.2, 0.25) is 0 Å². The number of halogens is 3. The monoisotopic (exact) mass is 377 g/mol. The van der Waals surface area contributed by atoms with Crippen LogP contribution < -0.4 is 4.72 Å². The minimum atomic E-state index is -4.82. The van der Waals surface area contributed by atoms with Crippen molar-refractivity contribution in [3.05, 3.63) is 47.3 Å². The molecule has 0 radical (unpaired) electrons. The Bertz CT molecular complexity index is 891. The predicted octanol–water partition coefficient (Wildman–Crippen LogP) is 2.01. The molecule has 0 atom stereocenters. The largest absolute Gasteiger partial charge is 0.481 e. The third kappa shape index (κ3) is 4.95. The summed E-state index contributed by atoms with van der Waals surface area (Å²) in [6.07, 6.45) is -4.31.